The lowest BCUT2D eigenvalue weighted by molar-refractivity contribution is 0.769. The number of hydrogen-bond acceptors (Lipinski definition) is 4. The number of nitrogens with two attached hydrogens (primary N) is 1. The van der Waals surface area contributed by atoms with Crippen molar-refractivity contribution in [3.05, 3.63) is 32.1 Å². The summed E-state index contributed by atoms with van der Waals surface area (Å²) in [5, 5.41) is 1.82. The third kappa shape index (κ3) is 1.39. The summed E-state index contributed by atoms with van der Waals surface area (Å²) in [7, 11) is 0. The molecule has 0 aliphatic heterocycles. The van der Waals surface area contributed by atoms with Crippen LogP contribution in [0.25, 0.3) is 4.96 Å². The molecule has 0 aliphatic rings. The Bertz CT molecular complexity index is 531. The average molecular weight is 274 g/mol. The first-order valence-electron chi connectivity index (χ1n) is 4.02. The van der Waals surface area contributed by atoms with Gasteiger partial charge in [-0.1, -0.05) is 0 Å². The normalized spacial score (nSPS) is 13.4. The lowest BCUT2D eigenvalue weighted by Crippen LogP contribution is -2.19. The Morgan fingerprint density at radius 2 is 2.43 bits per heavy atom. The Balaban J connectivity index is 2.87. The van der Waals surface area contributed by atoms with Gasteiger partial charge >= 0.3 is 0 Å². The summed E-state index contributed by atoms with van der Waals surface area (Å²) in [5.74, 6) is 0. The van der Waals surface area contributed by atoms with Crippen LogP contribution >= 0.6 is 27.3 Å². The molecule has 0 radical (unpaired) electrons. The van der Waals surface area contributed by atoms with Gasteiger partial charge < -0.3 is 5.73 Å². The van der Waals surface area contributed by atoms with Gasteiger partial charge in [-0.05, 0) is 22.9 Å². The van der Waals surface area contributed by atoms with E-state index in [4.69, 9.17) is 5.73 Å². The molecule has 2 N–H and O–H groups in total. The Morgan fingerprint density at radius 1 is 1.71 bits per heavy atom. The van der Waals surface area contributed by atoms with E-state index >= 15 is 0 Å². The van der Waals surface area contributed by atoms with E-state index in [-0.39, 0.29) is 11.6 Å². The summed E-state index contributed by atoms with van der Waals surface area (Å²) in [5.41, 5.74) is 6.21. The number of aromatic nitrogens is 2. The number of nitrogens with zero attached hydrogens (tertiary/aromatic N) is 2. The van der Waals surface area contributed by atoms with Gasteiger partial charge in [0.1, 0.15) is 4.47 Å². The molecule has 1 unspecified atom stereocenters. The van der Waals surface area contributed by atoms with Crippen LogP contribution < -0.4 is 11.3 Å². The maximum absolute atomic E-state index is 11.7. The molecule has 0 amide bonds. The van der Waals surface area contributed by atoms with Crippen LogP contribution in [0.4, 0.5) is 0 Å². The lowest BCUT2D eigenvalue weighted by Gasteiger charge is -2.06. The minimum Gasteiger partial charge on any atom is -0.323 e. The highest BCUT2D eigenvalue weighted by Crippen LogP contribution is 2.18. The van der Waals surface area contributed by atoms with Crippen molar-refractivity contribution in [3.63, 3.8) is 0 Å². The zero-order valence-corrected chi connectivity index (χ0v) is 9.80. The van der Waals surface area contributed by atoms with Crippen molar-refractivity contribution < 1.29 is 0 Å². The fourth-order valence-electron chi connectivity index (χ4n) is 1.18. The predicted octanol–water partition coefficient (Wildman–Crippen LogP) is 1.54. The van der Waals surface area contributed by atoms with Crippen LogP contribution in [0.15, 0.2) is 20.8 Å². The first-order chi connectivity index (χ1) is 6.61. The third-order valence-corrected chi connectivity index (χ3v) is 3.37. The van der Waals surface area contributed by atoms with Gasteiger partial charge in [-0.25, -0.2) is 4.98 Å². The molecule has 2 aromatic heterocycles. The number of fused-ring (bicyclic) bond motifs is 1. The number of rotatable bonds is 1. The topological polar surface area (TPSA) is 60.4 Å². The van der Waals surface area contributed by atoms with Crippen LogP contribution in [0.2, 0.25) is 0 Å². The molecular weight excluding hydrogens is 266 g/mol. The van der Waals surface area contributed by atoms with Crippen molar-refractivity contribution in [3.8, 4) is 0 Å². The van der Waals surface area contributed by atoms with E-state index in [0.29, 0.717) is 15.1 Å². The average Bonchev–Trinajstić information content (AvgIpc) is 2.58. The highest BCUT2D eigenvalue weighted by atomic mass is 79.9. The molecule has 4 nitrogen and oxygen atoms in total. The van der Waals surface area contributed by atoms with Gasteiger partial charge in [0, 0.05) is 17.6 Å². The zero-order chi connectivity index (χ0) is 10.3. The van der Waals surface area contributed by atoms with E-state index in [1.54, 1.807) is 13.1 Å². The Kier molecular flexibility index (Phi) is 2.42. The number of halogens is 1. The smallest absolute Gasteiger partial charge is 0.273 e. The summed E-state index contributed by atoms with van der Waals surface area (Å²) < 4.78 is 1.95. The number of hydrogen-bond donors (Lipinski definition) is 1. The molecule has 0 fully saturated rings. The molecule has 0 aromatic carbocycles. The predicted molar refractivity (Wildman–Crippen MR) is 59.6 cm³/mol. The van der Waals surface area contributed by atoms with Gasteiger partial charge in [0.15, 0.2) is 4.96 Å². The van der Waals surface area contributed by atoms with E-state index in [2.05, 4.69) is 20.9 Å². The molecule has 1 atom stereocenters. The van der Waals surface area contributed by atoms with E-state index in [1.807, 2.05) is 5.38 Å². The fourth-order valence-corrected chi connectivity index (χ4v) is 2.53. The summed E-state index contributed by atoms with van der Waals surface area (Å²) in [6.07, 6.45) is 1.70. The van der Waals surface area contributed by atoms with E-state index in [0.717, 1.165) is 0 Å². The van der Waals surface area contributed by atoms with Crippen molar-refractivity contribution in [2.45, 2.75) is 13.0 Å². The van der Waals surface area contributed by atoms with Gasteiger partial charge in [-0.3, -0.25) is 9.20 Å². The minimum absolute atomic E-state index is 0.108. The van der Waals surface area contributed by atoms with Gasteiger partial charge in [0.05, 0.1) is 5.69 Å². The molecule has 0 aliphatic carbocycles. The second kappa shape index (κ2) is 3.45. The maximum Gasteiger partial charge on any atom is 0.273 e. The highest BCUT2D eigenvalue weighted by Gasteiger charge is 2.13. The second-order valence-electron chi connectivity index (χ2n) is 2.96. The zero-order valence-electron chi connectivity index (χ0n) is 7.40. The van der Waals surface area contributed by atoms with Crippen molar-refractivity contribution in [1.29, 1.82) is 0 Å². The maximum atomic E-state index is 11.7. The van der Waals surface area contributed by atoms with Gasteiger partial charge in [0.2, 0.25) is 0 Å². The van der Waals surface area contributed by atoms with Gasteiger partial charge in [-0.2, -0.15) is 0 Å². The van der Waals surface area contributed by atoms with Crippen molar-refractivity contribution in [2.24, 2.45) is 5.73 Å². The van der Waals surface area contributed by atoms with Crippen LogP contribution in [-0.4, -0.2) is 9.38 Å². The monoisotopic (exact) mass is 273 g/mol. The van der Waals surface area contributed by atoms with Crippen molar-refractivity contribution in [1.82, 2.24) is 9.38 Å². The fraction of sp³-hybridized carbons (Fsp3) is 0.250. The molecular formula is C8H8BrN3OS. The molecule has 2 aromatic rings. The summed E-state index contributed by atoms with van der Waals surface area (Å²) in [4.78, 5) is 16.7. The summed E-state index contributed by atoms with van der Waals surface area (Å²) in [6, 6.07) is -0.246. The third-order valence-electron chi connectivity index (χ3n) is 1.87. The summed E-state index contributed by atoms with van der Waals surface area (Å²) >= 11 is 4.63. The standard InChI is InChI=1S/C8H8BrN3OS/c1-4(10)6-5(9)7(13)12-2-3-14-8(12)11-6/h2-4H,10H2,1H3. The van der Waals surface area contributed by atoms with Crippen LogP contribution in [-0.2, 0) is 0 Å². The Morgan fingerprint density at radius 3 is 3.07 bits per heavy atom. The van der Waals surface area contributed by atoms with Gasteiger partial charge in [0.25, 0.3) is 5.56 Å². The second-order valence-corrected chi connectivity index (χ2v) is 4.63. The molecule has 2 heterocycles. The quantitative estimate of drug-likeness (QED) is 0.858. The minimum atomic E-state index is -0.246. The van der Waals surface area contributed by atoms with Crippen molar-refractivity contribution >= 4 is 32.2 Å². The lowest BCUT2D eigenvalue weighted by atomic mass is 10.2. The SMILES string of the molecule is CC(N)c1nc2sccn2c(=O)c1Br. The molecule has 0 saturated carbocycles. The molecule has 14 heavy (non-hydrogen) atoms. The molecule has 2 rings (SSSR count). The van der Waals surface area contributed by atoms with Crippen LogP contribution in [0.5, 0.6) is 0 Å². The van der Waals surface area contributed by atoms with Gasteiger partial charge in [-0.15, -0.1) is 11.3 Å². The van der Waals surface area contributed by atoms with Crippen LogP contribution in [0, 0.1) is 0 Å². The van der Waals surface area contributed by atoms with Crippen LogP contribution in [0.3, 0.4) is 0 Å². The molecule has 0 saturated heterocycles. The molecule has 6 heteroatoms. The summed E-state index contributed by atoms with van der Waals surface area (Å²) in [6.45, 7) is 1.80. The Labute approximate surface area is 92.5 Å². The first kappa shape index (κ1) is 9.82. The van der Waals surface area contributed by atoms with E-state index in [9.17, 15) is 4.79 Å². The molecule has 0 bridgehead atoms. The van der Waals surface area contributed by atoms with E-state index in [1.165, 1.54) is 15.7 Å². The first-order valence-corrected chi connectivity index (χ1v) is 5.69. The van der Waals surface area contributed by atoms with E-state index < -0.39 is 0 Å². The van der Waals surface area contributed by atoms with Crippen LogP contribution in [0.1, 0.15) is 18.7 Å². The highest BCUT2D eigenvalue weighted by molar-refractivity contribution is 9.10. The molecule has 74 valence electrons. The number of thiazole rings is 1. The van der Waals surface area contributed by atoms with Crippen molar-refractivity contribution in [2.75, 3.05) is 0 Å². The molecule has 0 spiro atoms. The Hall–Kier alpha value is -0.720. The largest absolute Gasteiger partial charge is 0.323 e.